The molecule has 0 aliphatic carbocycles. The van der Waals surface area contributed by atoms with E-state index in [2.05, 4.69) is 9.47 Å². The van der Waals surface area contributed by atoms with Crippen molar-refractivity contribution in [1.29, 1.82) is 0 Å². The molecule has 186 valence electrons. The fraction of sp³-hybridized carbons (Fsp3) is 0.130. The monoisotopic (exact) mass is 490 g/mol. The Labute approximate surface area is 198 Å². The highest BCUT2D eigenvalue weighted by atomic mass is 16.6. The molecule has 0 saturated heterocycles. The lowest BCUT2D eigenvalue weighted by Crippen LogP contribution is -2.45. The van der Waals surface area contributed by atoms with E-state index in [9.17, 15) is 49.8 Å². The maximum Gasteiger partial charge on any atom is 0.349 e. The van der Waals surface area contributed by atoms with Crippen LogP contribution in [0.2, 0.25) is 0 Å². The molecule has 0 radical (unpaired) electrons. The lowest BCUT2D eigenvalue weighted by molar-refractivity contribution is -0.183. The molecular weight excluding hydrogens is 468 g/mol. The lowest BCUT2D eigenvalue weighted by Gasteiger charge is -2.19. The maximum absolute atomic E-state index is 12.0. The SMILES string of the molecule is C.O=C(/C=C/c1ccc(O)c(O)c1)O[C@@H](C(=O)O)[C@@H](OC(=O)/C=C/c1ccc(O)c(O)c1)C(=O)O. The van der Waals surface area contributed by atoms with Crippen molar-refractivity contribution < 1.29 is 59.3 Å². The number of hydrogen-bond donors (Lipinski definition) is 6. The number of carbonyl (C=O) groups is 4. The number of ether oxygens (including phenoxy) is 2. The molecule has 0 fully saturated rings. The van der Waals surface area contributed by atoms with Crippen molar-refractivity contribution in [2.45, 2.75) is 19.6 Å². The summed E-state index contributed by atoms with van der Waals surface area (Å²) >= 11 is 0. The molecule has 0 saturated carbocycles. The molecule has 0 aromatic heterocycles. The van der Waals surface area contributed by atoms with Crippen LogP contribution in [0.4, 0.5) is 0 Å². The first-order chi connectivity index (χ1) is 16.0. The second kappa shape index (κ2) is 12.3. The zero-order chi connectivity index (χ0) is 25.4. The quantitative estimate of drug-likeness (QED) is 0.169. The number of carboxylic acid groups (broad SMARTS) is 2. The van der Waals surface area contributed by atoms with Crippen LogP contribution in [0, 0.1) is 0 Å². The van der Waals surface area contributed by atoms with E-state index >= 15 is 0 Å². The molecule has 0 aliphatic heterocycles. The molecule has 0 heterocycles. The first kappa shape index (κ1) is 28.0. The van der Waals surface area contributed by atoms with Gasteiger partial charge >= 0.3 is 23.9 Å². The first-order valence-electron chi connectivity index (χ1n) is 9.25. The number of carboxylic acids is 2. The van der Waals surface area contributed by atoms with Gasteiger partial charge in [-0.05, 0) is 47.5 Å². The second-order valence-corrected chi connectivity index (χ2v) is 6.55. The van der Waals surface area contributed by atoms with Crippen LogP contribution in [-0.4, -0.2) is 66.7 Å². The van der Waals surface area contributed by atoms with E-state index in [4.69, 9.17) is 0 Å². The number of phenols is 4. The Bertz CT molecular complexity index is 1070. The highest BCUT2D eigenvalue weighted by Crippen LogP contribution is 2.26. The van der Waals surface area contributed by atoms with E-state index < -0.39 is 59.1 Å². The van der Waals surface area contributed by atoms with E-state index in [0.29, 0.717) is 0 Å². The third-order valence-corrected chi connectivity index (χ3v) is 4.07. The van der Waals surface area contributed by atoms with Crippen molar-refractivity contribution >= 4 is 36.0 Å². The summed E-state index contributed by atoms with van der Waals surface area (Å²) in [5.41, 5.74) is 0.455. The minimum Gasteiger partial charge on any atom is -0.504 e. The zero-order valence-corrected chi connectivity index (χ0v) is 17.1. The van der Waals surface area contributed by atoms with Gasteiger partial charge in [0.05, 0.1) is 0 Å². The first-order valence-corrected chi connectivity index (χ1v) is 9.25. The Morgan fingerprint density at radius 3 is 1.26 bits per heavy atom. The molecule has 0 aliphatic rings. The number of aliphatic carboxylic acids is 2. The summed E-state index contributed by atoms with van der Waals surface area (Å²) in [5, 5.41) is 55.9. The van der Waals surface area contributed by atoms with E-state index in [1.807, 2.05) is 0 Å². The van der Waals surface area contributed by atoms with Gasteiger partial charge in [0, 0.05) is 12.2 Å². The molecule has 0 unspecified atom stereocenters. The summed E-state index contributed by atoms with van der Waals surface area (Å²) in [4.78, 5) is 46.9. The van der Waals surface area contributed by atoms with Gasteiger partial charge < -0.3 is 40.1 Å². The number of carbonyl (C=O) groups excluding carboxylic acids is 2. The predicted molar refractivity (Wildman–Crippen MR) is 119 cm³/mol. The predicted octanol–water partition coefficient (Wildman–Crippen LogP) is 1.86. The Hall–Kier alpha value is -5.00. The molecular formula is C23H22O12. The van der Waals surface area contributed by atoms with E-state index in [1.165, 1.54) is 12.1 Å². The van der Waals surface area contributed by atoms with Gasteiger partial charge in [0.25, 0.3) is 0 Å². The molecule has 12 nitrogen and oxygen atoms in total. The minimum atomic E-state index is -2.40. The largest absolute Gasteiger partial charge is 0.504 e. The Balaban J connectivity index is 0.00000612. The molecule has 2 aromatic rings. The number of aromatic hydroxyl groups is 4. The van der Waals surface area contributed by atoms with E-state index in [0.717, 1.165) is 48.6 Å². The second-order valence-electron chi connectivity index (χ2n) is 6.55. The van der Waals surface area contributed by atoms with Crippen molar-refractivity contribution in [2.24, 2.45) is 0 Å². The van der Waals surface area contributed by atoms with Gasteiger partial charge in [0.2, 0.25) is 12.2 Å². The third kappa shape index (κ3) is 8.13. The fourth-order valence-corrected chi connectivity index (χ4v) is 2.43. The lowest BCUT2D eigenvalue weighted by atomic mass is 10.2. The fourth-order valence-electron chi connectivity index (χ4n) is 2.43. The molecule has 2 rings (SSSR count). The average molecular weight is 490 g/mol. The highest BCUT2D eigenvalue weighted by molar-refractivity contribution is 5.93. The summed E-state index contributed by atoms with van der Waals surface area (Å²) < 4.78 is 9.25. The number of hydrogen-bond acceptors (Lipinski definition) is 10. The van der Waals surface area contributed by atoms with Gasteiger partial charge in [0.15, 0.2) is 23.0 Å². The summed E-state index contributed by atoms with van der Waals surface area (Å²) in [6, 6.07) is 7.08. The van der Waals surface area contributed by atoms with Crippen molar-refractivity contribution in [2.75, 3.05) is 0 Å². The van der Waals surface area contributed by atoms with Crippen LogP contribution in [-0.2, 0) is 28.7 Å². The van der Waals surface area contributed by atoms with Crippen molar-refractivity contribution in [3.63, 3.8) is 0 Å². The Morgan fingerprint density at radius 1 is 0.629 bits per heavy atom. The van der Waals surface area contributed by atoms with Crippen molar-refractivity contribution in [3.05, 3.63) is 59.7 Å². The average Bonchev–Trinajstić information content (AvgIpc) is 2.77. The zero-order valence-electron chi connectivity index (χ0n) is 17.1. The molecule has 0 bridgehead atoms. The molecule has 6 N–H and O–H groups in total. The van der Waals surface area contributed by atoms with Crippen LogP contribution >= 0.6 is 0 Å². The van der Waals surface area contributed by atoms with Gasteiger partial charge in [-0.3, -0.25) is 0 Å². The van der Waals surface area contributed by atoms with Crippen LogP contribution in [0.1, 0.15) is 18.6 Å². The normalized spacial score (nSPS) is 12.5. The van der Waals surface area contributed by atoms with E-state index in [1.54, 1.807) is 0 Å². The van der Waals surface area contributed by atoms with Crippen molar-refractivity contribution in [3.8, 4) is 23.0 Å². The topological polar surface area (TPSA) is 208 Å². The summed E-state index contributed by atoms with van der Waals surface area (Å²) in [7, 11) is 0. The Morgan fingerprint density at radius 2 is 0.971 bits per heavy atom. The van der Waals surface area contributed by atoms with Crippen molar-refractivity contribution in [1.82, 2.24) is 0 Å². The summed E-state index contributed by atoms with van der Waals surface area (Å²) in [5.74, 6) is -8.18. The van der Waals surface area contributed by atoms with Crippen LogP contribution in [0.15, 0.2) is 48.6 Å². The van der Waals surface area contributed by atoms with Gasteiger partial charge in [-0.1, -0.05) is 19.6 Å². The van der Waals surface area contributed by atoms with Crippen LogP contribution in [0.5, 0.6) is 23.0 Å². The minimum absolute atomic E-state index is 0. The molecule has 0 amide bonds. The smallest absolute Gasteiger partial charge is 0.349 e. The molecule has 2 aromatic carbocycles. The summed E-state index contributed by atoms with van der Waals surface area (Å²) in [6.45, 7) is 0. The maximum atomic E-state index is 12.0. The number of rotatable bonds is 9. The number of benzene rings is 2. The van der Waals surface area contributed by atoms with Crippen LogP contribution in [0.25, 0.3) is 12.2 Å². The molecule has 2 atom stereocenters. The van der Waals surface area contributed by atoms with E-state index in [-0.39, 0.29) is 18.6 Å². The highest BCUT2D eigenvalue weighted by Gasteiger charge is 2.40. The van der Waals surface area contributed by atoms with Crippen LogP contribution < -0.4 is 0 Å². The standard InChI is InChI=1S/C22H18O12.CH4/c23-13-5-1-11(9-15(13)25)3-7-17(27)33-19(21(29)30)20(22(31)32)34-18(28)8-4-12-2-6-14(24)16(26)10-12;/h1-10,19-20,23-26H,(H,29,30)(H,31,32);1H4/b7-3+,8-4+;/t19-,20-;/m1./s1. The van der Waals surface area contributed by atoms with Gasteiger partial charge in [0.1, 0.15) is 0 Å². The van der Waals surface area contributed by atoms with Gasteiger partial charge in [-0.25, -0.2) is 19.2 Å². The van der Waals surface area contributed by atoms with Gasteiger partial charge in [-0.15, -0.1) is 0 Å². The Kier molecular flexibility index (Phi) is 9.85. The number of esters is 2. The van der Waals surface area contributed by atoms with Crippen LogP contribution in [0.3, 0.4) is 0 Å². The molecule has 35 heavy (non-hydrogen) atoms. The number of phenolic OH excluding ortho intramolecular Hbond substituents is 4. The third-order valence-electron chi connectivity index (χ3n) is 4.07. The molecule has 12 heteroatoms. The summed E-state index contributed by atoms with van der Waals surface area (Å²) in [6.07, 6.45) is -1.15. The molecule has 0 spiro atoms. The van der Waals surface area contributed by atoms with Gasteiger partial charge in [-0.2, -0.15) is 0 Å².